The molecule has 1 aliphatic rings. The molecule has 1 aromatic rings. The average molecular weight is 213 g/mol. The Morgan fingerprint density at radius 1 is 1.57 bits per heavy atom. The predicted molar refractivity (Wildman–Crippen MR) is 55.7 cm³/mol. The van der Waals surface area contributed by atoms with Crippen molar-refractivity contribution in [1.29, 1.82) is 0 Å². The van der Waals surface area contributed by atoms with Gasteiger partial charge in [0.15, 0.2) is 0 Å². The lowest BCUT2D eigenvalue weighted by atomic mass is 9.91. The number of nitrogens with one attached hydrogen (secondary N) is 1. The molecule has 5 heteroatoms. The second-order valence-corrected chi connectivity index (χ2v) is 5.26. The molecule has 14 heavy (non-hydrogen) atoms. The third-order valence-corrected chi connectivity index (χ3v) is 3.26. The van der Waals surface area contributed by atoms with Crippen molar-refractivity contribution in [2.24, 2.45) is 5.41 Å². The lowest BCUT2D eigenvalue weighted by molar-refractivity contribution is 0.179. The first-order valence-corrected chi connectivity index (χ1v) is 5.63. The molecule has 0 aliphatic carbocycles. The number of nitrogens with zero attached hydrogens (tertiary/aromatic N) is 2. The summed E-state index contributed by atoms with van der Waals surface area (Å²) < 4.78 is 5.62. The molecule has 0 saturated carbocycles. The Hall–Kier alpha value is -0.680. The monoisotopic (exact) mass is 213 g/mol. The van der Waals surface area contributed by atoms with Gasteiger partial charge in [-0.05, 0) is 19.9 Å². The summed E-state index contributed by atoms with van der Waals surface area (Å²) in [6.45, 7) is 7.03. The van der Waals surface area contributed by atoms with Crippen LogP contribution in [0.5, 0.6) is 5.19 Å². The molecular weight excluding hydrogens is 198 g/mol. The van der Waals surface area contributed by atoms with Gasteiger partial charge in [0.25, 0.3) is 5.19 Å². The van der Waals surface area contributed by atoms with Crippen molar-refractivity contribution >= 4 is 11.3 Å². The van der Waals surface area contributed by atoms with E-state index in [9.17, 15) is 0 Å². The molecule has 1 fully saturated rings. The fourth-order valence-corrected chi connectivity index (χ4v) is 2.10. The number of rotatable bonds is 3. The first kappa shape index (κ1) is 9.86. The van der Waals surface area contributed by atoms with Crippen LogP contribution >= 0.6 is 11.3 Å². The number of hydrogen-bond acceptors (Lipinski definition) is 5. The van der Waals surface area contributed by atoms with Gasteiger partial charge in [-0.2, -0.15) is 0 Å². The molecule has 78 valence electrons. The second kappa shape index (κ2) is 3.82. The Bertz CT molecular complexity index is 307. The smallest absolute Gasteiger partial charge is 0.294 e. The normalized spacial score (nSPS) is 26.7. The van der Waals surface area contributed by atoms with E-state index in [2.05, 4.69) is 22.4 Å². The molecule has 1 N–H and O–H groups in total. The molecule has 0 bridgehead atoms. The summed E-state index contributed by atoms with van der Waals surface area (Å²) in [6, 6.07) is 0. The van der Waals surface area contributed by atoms with E-state index in [-0.39, 0.29) is 5.41 Å². The Morgan fingerprint density at radius 3 is 3.00 bits per heavy atom. The van der Waals surface area contributed by atoms with E-state index in [1.54, 1.807) is 0 Å². The van der Waals surface area contributed by atoms with Crippen LogP contribution < -0.4 is 10.1 Å². The van der Waals surface area contributed by atoms with Gasteiger partial charge in [0.2, 0.25) is 0 Å². The molecular formula is C9H15N3OS. The van der Waals surface area contributed by atoms with Gasteiger partial charge in [-0.15, -0.1) is 10.2 Å². The Kier molecular flexibility index (Phi) is 2.69. The maximum absolute atomic E-state index is 5.62. The van der Waals surface area contributed by atoms with E-state index in [0.29, 0.717) is 5.19 Å². The maximum atomic E-state index is 5.62. The van der Waals surface area contributed by atoms with Crippen molar-refractivity contribution in [2.75, 3.05) is 19.7 Å². The molecule has 0 amide bonds. The van der Waals surface area contributed by atoms with Crippen molar-refractivity contribution in [3.05, 3.63) is 5.01 Å². The summed E-state index contributed by atoms with van der Waals surface area (Å²) in [7, 11) is 0. The highest BCUT2D eigenvalue weighted by Crippen LogP contribution is 2.26. The van der Waals surface area contributed by atoms with E-state index < -0.39 is 0 Å². The molecule has 0 spiro atoms. The molecule has 0 aromatic carbocycles. The molecule has 2 rings (SSSR count). The standard InChI is InChI=1S/C9H15N3OS/c1-7-11-12-8(14-7)13-6-9(2)3-4-10-5-9/h10H,3-6H2,1-2H3. The molecule has 1 saturated heterocycles. The Morgan fingerprint density at radius 2 is 2.43 bits per heavy atom. The van der Waals surface area contributed by atoms with Crippen molar-refractivity contribution < 1.29 is 4.74 Å². The third kappa shape index (κ3) is 2.22. The van der Waals surface area contributed by atoms with Crippen molar-refractivity contribution in [2.45, 2.75) is 20.3 Å². The fourth-order valence-electron chi connectivity index (χ4n) is 1.56. The zero-order chi connectivity index (χ0) is 10.0. The highest BCUT2D eigenvalue weighted by atomic mass is 32.1. The maximum Gasteiger partial charge on any atom is 0.294 e. The minimum absolute atomic E-state index is 0.263. The first-order chi connectivity index (χ1) is 6.68. The van der Waals surface area contributed by atoms with E-state index in [4.69, 9.17) is 4.74 Å². The second-order valence-electron chi connectivity index (χ2n) is 4.11. The van der Waals surface area contributed by atoms with Crippen LogP contribution in [0.15, 0.2) is 0 Å². The fraction of sp³-hybridized carbons (Fsp3) is 0.778. The molecule has 1 aromatic heterocycles. The lowest BCUT2D eigenvalue weighted by Crippen LogP contribution is -2.27. The zero-order valence-electron chi connectivity index (χ0n) is 8.54. The summed E-state index contributed by atoms with van der Waals surface area (Å²) in [4.78, 5) is 0. The van der Waals surface area contributed by atoms with Crippen LogP contribution in [0, 0.1) is 12.3 Å². The number of ether oxygens (including phenoxy) is 1. The van der Waals surface area contributed by atoms with Gasteiger partial charge in [0, 0.05) is 12.0 Å². The number of hydrogen-bond donors (Lipinski definition) is 1. The minimum atomic E-state index is 0.263. The van der Waals surface area contributed by atoms with Crippen molar-refractivity contribution in [3.63, 3.8) is 0 Å². The molecule has 4 nitrogen and oxygen atoms in total. The quantitative estimate of drug-likeness (QED) is 0.820. The SMILES string of the molecule is Cc1nnc(OCC2(C)CCNC2)s1. The van der Waals surface area contributed by atoms with Crippen LogP contribution in [0.2, 0.25) is 0 Å². The highest BCUT2D eigenvalue weighted by molar-refractivity contribution is 7.12. The Balaban J connectivity index is 1.87. The van der Waals surface area contributed by atoms with Gasteiger partial charge in [0.05, 0.1) is 6.61 Å². The largest absolute Gasteiger partial charge is 0.468 e. The average Bonchev–Trinajstić information content (AvgIpc) is 2.73. The topological polar surface area (TPSA) is 47.0 Å². The van der Waals surface area contributed by atoms with Gasteiger partial charge >= 0.3 is 0 Å². The number of aromatic nitrogens is 2. The lowest BCUT2D eigenvalue weighted by Gasteiger charge is -2.21. The molecule has 1 unspecified atom stereocenters. The van der Waals surface area contributed by atoms with E-state index in [1.807, 2.05) is 6.92 Å². The molecule has 2 heterocycles. The van der Waals surface area contributed by atoms with Crippen LogP contribution in [0.4, 0.5) is 0 Å². The summed E-state index contributed by atoms with van der Waals surface area (Å²) in [6.07, 6.45) is 1.17. The molecule has 0 radical (unpaired) electrons. The first-order valence-electron chi connectivity index (χ1n) is 4.82. The van der Waals surface area contributed by atoms with Gasteiger partial charge in [-0.3, -0.25) is 0 Å². The van der Waals surface area contributed by atoms with E-state index in [0.717, 1.165) is 24.7 Å². The summed E-state index contributed by atoms with van der Waals surface area (Å²) in [5.41, 5.74) is 0.263. The van der Waals surface area contributed by atoms with Crippen molar-refractivity contribution in [3.8, 4) is 5.19 Å². The zero-order valence-corrected chi connectivity index (χ0v) is 9.36. The van der Waals surface area contributed by atoms with Gasteiger partial charge in [0.1, 0.15) is 5.01 Å². The Labute approximate surface area is 87.7 Å². The summed E-state index contributed by atoms with van der Waals surface area (Å²) >= 11 is 1.50. The third-order valence-electron chi connectivity index (χ3n) is 2.51. The van der Waals surface area contributed by atoms with Gasteiger partial charge < -0.3 is 10.1 Å². The van der Waals surface area contributed by atoms with E-state index in [1.165, 1.54) is 17.8 Å². The van der Waals surface area contributed by atoms with Gasteiger partial charge in [-0.25, -0.2) is 0 Å². The van der Waals surface area contributed by atoms with Crippen LogP contribution in [0.1, 0.15) is 18.4 Å². The predicted octanol–water partition coefficient (Wildman–Crippen LogP) is 1.22. The van der Waals surface area contributed by atoms with Crippen LogP contribution in [-0.4, -0.2) is 29.9 Å². The van der Waals surface area contributed by atoms with E-state index >= 15 is 0 Å². The highest BCUT2D eigenvalue weighted by Gasteiger charge is 2.29. The number of aryl methyl sites for hydroxylation is 1. The molecule has 1 atom stereocenters. The minimum Gasteiger partial charge on any atom is -0.468 e. The van der Waals surface area contributed by atoms with Crippen LogP contribution in [0.25, 0.3) is 0 Å². The molecule has 1 aliphatic heterocycles. The van der Waals surface area contributed by atoms with Crippen LogP contribution in [-0.2, 0) is 0 Å². The summed E-state index contributed by atoms with van der Waals surface area (Å²) in [5.74, 6) is 0. The van der Waals surface area contributed by atoms with Gasteiger partial charge in [-0.1, -0.05) is 18.3 Å². The summed E-state index contributed by atoms with van der Waals surface area (Å²) in [5, 5.41) is 12.8. The van der Waals surface area contributed by atoms with Crippen molar-refractivity contribution in [1.82, 2.24) is 15.5 Å². The van der Waals surface area contributed by atoms with Crippen LogP contribution in [0.3, 0.4) is 0 Å².